The number of hydrogen-bond donors (Lipinski definition) is 1. The Labute approximate surface area is 135 Å². The average Bonchev–Trinajstić information content (AvgIpc) is 2.36. The van der Waals surface area contributed by atoms with Crippen molar-refractivity contribution in [1.29, 1.82) is 0 Å². The minimum atomic E-state index is 0. The lowest BCUT2D eigenvalue weighted by molar-refractivity contribution is -0.133. The van der Waals surface area contributed by atoms with Crippen LogP contribution in [-0.4, -0.2) is 67.7 Å². The van der Waals surface area contributed by atoms with Crippen molar-refractivity contribution >= 4 is 30.7 Å². The van der Waals surface area contributed by atoms with Crippen molar-refractivity contribution in [3.05, 3.63) is 0 Å². The van der Waals surface area contributed by atoms with E-state index in [2.05, 4.69) is 4.90 Å². The van der Waals surface area contributed by atoms with Gasteiger partial charge in [-0.05, 0) is 26.8 Å². The molecule has 5 nitrogen and oxygen atoms in total. The molecule has 1 heterocycles. The third-order valence-corrected chi connectivity index (χ3v) is 3.18. The minimum Gasteiger partial charge on any atom is -0.377 e. The van der Waals surface area contributed by atoms with E-state index in [9.17, 15) is 4.79 Å². The van der Waals surface area contributed by atoms with Gasteiger partial charge in [-0.15, -0.1) is 24.8 Å². The molecule has 0 aromatic rings. The van der Waals surface area contributed by atoms with Gasteiger partial charge in [0.2, 0.25) is 5.91 Å². The monoisotopic (exact) mass is 329 g/mol. The molecular weight excluding hydrogens is 301 g/mol. The molecule has 0 aromatic heterocycles. The number of halogens is 2. The maximum atomic E-state index is 11.8. The molecule has 0 radical (unpaired) electrons. The number of nitrogens with two attached hydrogens (primary N) is 1. The van der Waals surface area contributed by atoms with E-state index in [0.29, 0.717) is 19.1 Å². The minimum absolute atomic E-state index is 0. The van der Waals surface area contributed by atoms with Gasteiger partial charge in [0.25, 0.3) is 0 Å². The molecule has 0 bridgehead atoms. The number of amides is 1. The van der Waals surface area contributed by atoms with Gasteiger partial charge >= 0.3 is 0 Å². The van der Waals surface area contributed by atoms with Crippen LogP contribution in [0.3, 0.4) is 0 Å². The van der Waals surface area contributed by atoms with Crippen molar-refractivity contribution < 1.29 is 9.53 Å². The highest BCUT2D eigenvalue weighted by Crippen LogP contribution is 2.05. The van der Waals surface area contributed by atoms with E-state index in [1.807, 2.05) is 18.7 Å². The number of hydrogen-bond acceptors (Lipinski definition) is 4. The van der Waals surface area contributed by atoms with Crippen LogP contribution in [0.2, 0.25) is 0 Å². The van der Waals surface area contributed by atoms with Crippen LogP contribution in [0, 0.1) is 0 Å². The molecule has 1 aliphatic rings. The van der Waals surface area contributed by atoms with Crippen LogP contribution in [-0.2, 0) is 9.53 Å². The number of carbonyl (C=O) groups excluding carboxylic acids is 1. The van der Waals surface area contributed by atoms with Crippen LogP contribution in [0.15, 0.2) is 0 Å². The van der Waals surface area contributed by atoms with Gasteiger partial charge in [0.15, 0.2) is 0 Å². The molecule has 0 saturated carbocycles. The number of rotatable bonds is 7. The molecule has 2 N–H and O–H groups in total. The van der Waals surface area contributed by atoms with Crippen molar-refractivity contribution in [2.75, 3.05) is 45.9 Å². The summed E-state index contributed by atoms with van der Waals surface area (Å²) >= 11 is 0. The maximum absolute atomic E-state index is 11.8. The number of carbonyl (C=O) groups is 1. The standard InChI is InChI=1S/C13H27N3O2.2ClH/c1-12(2)18-11-10-15-6-8-16(9-7-15)13(17)4-3-5-14;;/h12H,3-11,14H2,1-2H3;2*1H. The van der Waals surface area contributed by atoms with E-state index >= 15 is 0 Å². The summed E-state index contributed by atoms with van der Waals surface area (Å²) in [4.78, 5) is 16.1. The second-order valence-electron chi connectivity index (χ2n) is 5.03. The van der Waals surface area contributed by atoms with E-state index in [-0.39, 0.29) is 30.7 Å². The lowest BCUT2D eigenvalue weighted by Crippen LogP contribution is -2.49. The van der Waals surface area contributed by atoms with Crippen molar-refractivity contribution in [3.63, 3.8) is 0 Å². The topological polar surface area (TPSA) is 58.8 Å². The van der Waals surface area contributed by atoms with Gasteiger partial charge in [0, 0.05) is 39.1 Å². The Hall–Kier alpha value is -0.0700. The largest absolute Gasteiger partial charge is 0.377 e. The smallest absolute Gasteiger partial charge is 0.222 e. The van der Waals surface area contributed by atoms with Gasteiger partial charge in [0.1, 0.15) is 0 Å². The van der Waals surface area contributed by atoms with Gasteiger partial charge in [-0.2, -0.15) is 0 Å². The van der Waals surface area contributed by atoms with Crippen molar-refractivity contribution in [1.82, 2.24) is 9.80 Å². The molecule has 1 amide bonds. The Bertz CT molecular complexity index is 248. The van der Waals surface area contributed by atoms with E-state index in [0.717, 1.165) is 45.8 Å². The normalized spacial score (nSPS) is 15.7. The molecule has 1 rings (SSSR count). The first kappa shape index (κ1) is 22.2. The van der Waals surface area contributed by atoms with Gasteiger partial charge in [-0.1, -0.05) is 0 Å². The summed E-state index contributed by atoms with van der Waals surface area (Å²) in [6, 6.07) is 0. The van der Waals surface area contributed by atoms with Crippen LogP contribution in [0.25, 0.3) is 0 Å². The van der Waals surface area contributed by atoms with Crippen molar-refractivity contribution in [2.24, 2.45) is 5.73 Å². The molecule has 20 heavy (non-hydrogen) atoms. The predicted molar refractivity (Wildman–Crippen MR) is 86.9 cm³/mol. The zero-order chi connectivity index (χ0) is 13.4. The molecule has 7 heteroatoms. The highest BCUT2D eigenvalue weighted by molar-refractivity contribution is 5.85. The first-order valence-corrected chi connectivity index (χ1v) is 6.95. The fourth-order valence-corrected chi connectivity index (χ4v) is 2.05. The molecule has 1 fully saturated rings. The Morgan fingerprint density at radius 3 is 2.30 bits per heavy atom. The highest BCUT2D eigenvalue weighted by atomic mass is 35.5. The number of ether oxygens (including phenoxy) is 1. The first-order valence-electron chi connectivity index (χ1n) is 6.95. The molecule has 1 aliphatic heterocycles. The summed E-state index contributed by atoms with van der Waals surface area (Å²) in [6.07, 6.45) is 1.68. The van der Waals surface area contributed by atoms with Crippen LogP contribution in [0.1, 0.15) is 26.7 Å². The van der Waals surface area contributed by atoms with Crippen LogP contribution >= 0.6 is 24.8 Å². The highest BCUT2D eigenvalue weighted by Gasteiger charge is 2.20. The average molecular weight is 330 g/mol. The Balaban J connectivity index is 0. The Kier molecular flexibility index (Phi) is 14.1. The summed E-state index contributed by atoms with van der Waals surface area (Å²) in [5.41, 5.74) is 5.41. The third kappa shape index (κ3) is 8.97. The first-order chi connectivity index (χ1) is 8.63. The van der Waals surface area contributed by atoms with Crippen molar-refractivity contribution in [2.45, 2.75) is 32.8 Å². The Morgan fingerprint density at radius 2 is 1.80 bits per heavy atom. The fourth-order valence-electron chi connectivity index (χ4n) is 2.05. The fraction of sp³-hybridized carbons (Fsp3) is 0.923. The second kappa shape index (κ2) is 12.7. The van der Waals surface area contributed by atoms with Crippen LogP contribution in [0.4, 0.5) is 0 Å². The zero-order valence-electron chi connectivity index (χ0n) is 12.5. The molecule has 1 saturated heterocycles. The summed E-state index contributed by atoms with van der Waals surface area (Å²) in [7, 11) is 0. The molecule has 0 spiro atoms. The van der Waals surface area contributed by atoms with Crippen LogP contribution < -0.4 is 5.73 Å². The third-order valence-electron chi connectivity index (χ3n) is 3.18. The molecule has 0 aliphatic carbocycles. The molecule has 122 valence electrons. The van der Waals surface area contributed by atoms with E-state index < -0.39 is 0 Å². The van der Waals surface area contributed by atoms with E-state index in [4.69, 9.17) is 10.5 Å². The summed E-state index contributed by atoms with van der Waals surface area (Å²) in [6.45, 7) is 10.0. The maximum Gasteiger partial charge on any atom is 0.222 e. The van der Waals surface area contributed by atoms with Gasteiger partial charge < -0.3 is 15.4 Å². The van der Waals surface area contributed by atoms with Gasteiger partial charge in [0.05, 0.1) is 12.7 Å². The summed E-state index contributed by atoms with van der Waals surface area (Å²) in [5.74, 6) is 0.249. The molecule has 0 aromatic carbocycles. The quantitative estimate of drug-likeness (QED) is 0.760. The predicted octanol–water partition coefficient (Wildman–Crippen LogP) is 1.14. The summed E-state index contributed by atoms with van der Waals surface area (Å²) < 4.78 is 5.54. The number of piperazine rings is 1. The van der Waals surface area contributed by atoms with Gasteiger partial charge in [-0.25, -0.2) is 0 Å². The van der Waals surface area contributed by atoms with E-state index in [1.165, 1.54) is 0 Å². The lowest BCUT2D eigenvalue weighted by atomic mass is 10.2. The van der Waals surface area contributed by atoms with Gasteiger partial charge in [-0.3, -0.25) is 9.69 Å². The van der Waals surface area contributed by atoms with Crippen molar-refractivity contribution in [3.8, 4) is 0 Å². The molecule has 0 atom stereocenters. The lowest BCUT2D eigenvalue weighted by Gasteiger charge is -2.34. The second-order valence-corrected chi connectivity index (χ2v) is 5.03. The Morgan fingerprint density at radius 1 is 1.20 bits per heavy atom. The molecule has 0 unspecified atom stereocenters. The van der Waals surface area contributed by atoms with Crippen LogP contribution in [0.5, 0.6) is 0 Å². The SMILES string of the molecule is CC(C)OCCN1CCN(C(=O)CCCN)CC1.Cl.Cl. The zero-order valence-corrected chi connectivity index (χ0v) is 14.2. The molecular formula is C13H29Cl2N3O2. The number of nitrogens with zero attached hydrogens (tertiary/aromatic N) is 2. The van der Waals surface area contributed by atoms with E-state index in [1.54, 1.807) is 0 Å². The summed E-state index contributed by atoms with van der Waals surface area (Å²) in [5, 5.41) is 0.